The van der Waals surface area contributed by atoms with Crippen LogP contribution in [-0.4, -0.2) is 34.7 Å². The molecule has 0 aromatic heterocycles. The second-order valence-electron chi connectivity index (χ2n) is 6.02. The summed E-state index contributed by atoms with van der Waals surface area (Å²) in [6.45, 7) is 0.0923. The standard InChI is InChI=1S/C14H23NO4/c16-9-10-4-3-5-11(10)15-12(17)8-14(13(18)19)6-1-2-7-14/h10-11,16H,1-9H2,(H,15,17)(H,18,19). The van der Waals surface area contributed by atoms with Gasteiger partial charge in [-0.15, -0.1) is 0 Å². The Bertz CT molecular complexity index is 349. The van der Waals surface area contributed by atoms with Crippen LogP contribution in [0.2, 0.25) is 0 Å². The van der Waals surface area contributed by atoms with Crippen LogP contribution < -0.4 is 5.32 Å². The maximum absolute atomic E-state index is 12.1. The molecule has 2 unspecified atom stereocenters. The Morgan fingerprint density at radius 1 is 1.16 bits per heavy atom. The predicted molar refractivity (Wildman–Crippen MR) is 69.5 cm³/mol. The van der Waals surface area contributed by atoms with E-state index in [9.17, 15) is 19.8 Å². The Kier molecular flexibility index (Phi) is 4.45. The van der Waals surface area contributed by atoms with Crippen LogP contribution in [0.4, 0.5) is 0 Å². The lowest BCUT2D eigenvalue weighted by atomic mass is 9.82. The minimum atomic E-state index is -0.850. The van der Waals surface area contributed by atoms with Crippen molar-refractivity contribution in [2.75, 3.05) is 6.61 Å². The van der Waals surface area contributed by atoms with Crippen LogP contribution in [0.25, 0.3) is 0 Å². The molecule has 0 bridgehead atoms. The molecular formula is C14H23NO4. The molecule has 0 spiro atoms. The van der Waals surface area contributed by atoms with Crippen molar-refractivity contribution in [3.63, 3.8) is 0 Å². The Labute approximate surface area is 113 Å². The number of hydrogen-bond acceptors (Lipinski definition) is 3. The predicted octanol–water partition coefficient (Wildman–Crippen LogP) is 1.30. The summed E-state index contributed by atoms with van der Waals surface area (Å²) in [7, 11) is 0. The zero-order valence-corrected chi connectivity index (χ0v) is 11.2. The molecule has 2 saturated carbocycles. The van der Waals surface area contributed by atoms with Crippen molar-refractivity contribution < 1.29 is 19.8 Å². The number of nitrogens with one attached hydrogen (secondary N) is 1. The van der Waals surface area contributed by atoms with Gasteiger partial charge in [-0.1, -0.05) is 19.3 Å². The topological polar surface area (TPSA) is 86.6 Å². The van der Waals surface area contributed by atoms with Crippen molar-refractivity contribution in [1.29, 1.82) is 0 Å². The maximum Gasteiger partial charge on any atom is 0.310 e. The van der Waals surface area contributed by atoms with Crippen LogP contribution in [0.5, 0.6) is 0 Å². The molecule has 5 nitrogen and oxygen atoms in total. The molecule has 2 aliphatic rings. The fourth-order valence-electron chi connectivity index (χ4n) is 3.53. The Balaban J connectivity index is 1.91. The summed E-state index contributed by atoms with van der Waals surface area (Å²) in [6.07, 6.45) is 5.90. The molecule has 1 amide bonds. The Morgan fingerprint density at radius 2 is 1.84 bits per heavy atom. The van der Waals surface area contributed by atoms with Gasteiger partial charge in [-0.2, -0.15) is 0 Å². The van der Waals surface area contributed by atoms with Gasteiger partial charge in [0.1, 0.15) is 0 Å². The molecule has 0 aliphatic heterocycles. The molecule has 2 rings (SSSR count). The summed E-state index contributed by atoms with van der Waals surface area (Å²) in [4.78, 5) is 23.5. The first kappa shape index (κ1) is 14.3. The van der Waals surface area contributed by atoms with E-state index in [0.717, 1.165) is 32.1 Å². The van der Waals surface area contributed by atoms with Crippen LogP contribution in [-0.2, 0) is 9.59 Å². The molecule has 2 aliphatic carbocycles. The average molecular weight is 269 g/mol. The third-order valence-corrected chi connectivity index (χ3v) is 4.75. The average Bonchev–Trinajstić information content (AvgIpc) is 2.98. The summed E-state index contributed by atoms with van der Waals surface area (Å²) < 4.78 is 0. The highest BCUT2D eigenvalue weighted by Gasteiger charge is 2.43. The number of hydrogen-bond donors (Lipinski definition) is 3. The molecule has 0 radical (unpaired) electrons. The molecule has 3 N–H and O–H groups in total. The summed E-state index contributed by atoms with van der Waals surface area (Å²) in [5.74, 6) is -0.881. The SMILES string of the molecule is O=C(CC1(C(=O)O)CCCC1)NC1CCCC1CO. The molecule has 0 aromatic carbocycles. The van der Waals surface area contributed by atoms with Gasteiger partial charge in [-0.05, 0) is 25.7 Å². The van der Waals surface area contributed by atoms with Crippen molar-refractivity contribution in [1.82, 2.24) is 5.32 Å². The Hall–Kier alpha value is -1.10. The zero-order valence-electron chi connectivity index (χ0n) is 11.2. The fourth-order valence-corrected chi connectivity index (χ4v) is 3.53. The Morgan fingerprint density at radius 3 is 2.42 bits per heavy atom. The molecule has 19 heavy (non-hydrogen) atoms. The second-order valence-corrected chi connectivity index (χ2v) is 6.02. The van der Waals surface area contributed by atoms with Crippen molar-refractivity contribution >= 4 is 11.9 Å². The van der Waals surface area contributed by atoms with E-state index in [1.807, 2.05) is 0 Å². The van der Waals surface area contributed by atoms with E-state index in [1.165, 1.54) is 0 Å². The highest BCUT2D eigenvalue weighted by atomic mass is 16.4. The number of carbonyl (C=O) groups excluding carboxylic acids is 1. The van der Waals surface area contributed by atoms with E-state index in [2.05, 4.69) is 5.32 Å². The van der Waals surface area contributed by atoms with Gasteiger partial charge < -0.3 is 15.5 Å². The molecule has 108 valence electrons. The fraction of sp³-hybridized carbons (Fsp3) is 0.857. The number of rotatable bonds is 5. The minimum absolute atomic E-state index is 0.0183. The number of aliphatic hydroxyl groups excluding tert-OH is 1. The van der Waals surface area contributed by atoms with E-state index >= 15 is 0 Å². The molecule has 0 aromatic rings. The van der Waals surface area contributed by atoms with Crippen molar-refractivity contribution in [2.45, 2.75) is 57.4 Å². The van der Waals surface area contributed by atoms with E-state index in [0.29, 0.717) is 12.8 Å². The largest absolute Gasteiger partial charge is 0.481 e. The summed E-state index contributed by atoms with van der Waals surface area (Å²) >= 11 is 0. The number of carbonyl (C=O) groups is 2. The summed E-state index contributed by atoms with van der Waals surface area (Å²) in [5.41, 5.74) is -0.850. The van der Waals surface area contributed by atoms with Crippen molar-refractivity contribution in [3.8, 4) is 0 Å². The minimum Gasteiger partial charge on any atom is -0.481 e. The molecule has 0 saturated heterocycles. The smallest absolute Gasteiger partial charge is 0.310 e. The van der Waals surface area contributed by atoms with Crippen LogP contribution in [0.15, 0.2) is 0 Å². The first-order valence-electron chi connectivity index (χ1n) is 7.21. The highest BCUT2D eigenvalue weighted by Crippen LogP contribution is 2.41. The first-order valence-corrected chi connectivity index (χ1v) is 7.21. The lowest BCUT2D eigenvalue weighted by Gasteiger charge is -2.25. The van der Waals surface area contributed by atoms with Crippen molar-refractivity contribution in [2.24, 2.45) is 11.3 Å². The summed E-state index contributed by atoms with van der Waals surface area (Å²) in [5, 5.41) is 21.5. The monoisotopic (exact) mass is 269 g/mol. The number of amides is 1. The van der Waals surface area contributed by atoms with E-state index in [-0.39, 0.29) is 30.9 Å². The first-order chi connectivity index (χ1) is 9.07. The number of aliphatic carboxylic acids is 1. The zero-order chi connectivity index (χ0) is 13.9. The van der Waals surface area contributed by atoms with Gasteiger partial charge in [0.25, 0.3) is 0 Å². The lowest BCUT2D eigenvalue weighted by molar-refractivity contribution is -0.151. The quantitative estimate of drug-likeness (QED) is 0.702. The number of carboxylic acids is 1. The molecule has 0 heterocycles. The molecular weight excluding hydrogens is 246 g/mol. The van der Waals surface area contributed by atoms with Gasteiger partial charge in [0.15, 0.2) is 0 Å². The number of aliphatic hydroxyl groups is 1. The van der Waals surface area contributed by atoms with E-state index in [1.54, 1.807) is 0 Å². The normalized spacial score (nSPS) is 29.3. The maximum atomic E-state index is 12.1. The lowest BCUT2D eigenvalue weighted by Crippen LogP contribution is -2.42. The third kappa shape index (κ3) is 3.08. The third-order valence-electron chi connectivity index (χ3n) is 4.75. The molecule has 2 fully saturated rings. The van der Waals surface area contributed by atoms with Gasteiger partial charge in [-0.3, -0.25) is 9.59 Å². The van der Waals surface area contributed by atoms with Gasteiger partial charge in [0.05, 0.1) is 5.41 Å². The number of carboxylic acid groups (broad SMARTS) is 1. The van der Waals surface area contributed by atoms with Gasteiger partial charge in [-0.25, -0.2) is 0 Å². The van der Waals surface area contributed by atoms with E-state index in [4.69, 9.17) is 0 Å². The van der Waals surface area contributed by atoms with Crippen LogP contribution in [0.3, 0.4) is 0 Å². The summed E-state index contributed by atoms with van der Waals surface area (Å²) in [6, 6.07) is 0.0183. The van der Waals surface area contributed by atoms with Crippen LogP contribution >= 0.6 is 0 Å². The molecule has 5 heteroatoms. The van der Waals surface area contributed by atoms with Crippen LogP contribution in [0.1, 0.15) is 51.4 Å². The van der Waals surface area contributed by atoms with Gasteiger partial charge in [0, 0.05) is 25.0 Å². The second kappa shape index (κ2) is 5.90. The van der Waals surface area contributed by atoms with Gasteiger partial charge >= 0.3 is 5.97 Å². The van der Waals surface area contributed by atoms with E-state index < -0.39 is 11.4 Å². The van der Waals surface area contributed by atoms with Crippen LogP contribution in [0, 0.1) is 11.3 Å². The van der Waals surface area contributed by atoms with Crippen molar-refractivity contribution in [3.05, 3.63) is 0 Å². The molecule has 2 atom stereocenters. The van der Waals surface area contributed by atoms with Gasteiger partial charge in [0.2, 0.25) is 5.91 Å². The highest BCUT2D eigenvalue weighted by molar-refractivity contribution is 5.85.